The van der Waals surface area contributed by atoms with Crippen LogP contribution in [0.4, 0.5) is 5.69 Å². The summed E-state index contributed by atoms with van der Waals surface area (Å²) in [5.41, 5.74) is 2.85. The van der Waals surface area contributed by atoms with E-state index in [1.165, 1.54) is 0 Å². The number of anilines is 1. The van der Waals surface area contributed by atoms with Crippen molar-refractivity contribution in [1.29, 1.82) is 0 Å². The Bertz CT molecular complexity index is 638. The number of halogens is 1. The number of hydrogen-bond donors (Lipinski definition) is 2. The molecule has 1 aromatic carbocycles. The third-order valence-electron chi connectivity index (χ3n) is 3.71. The Kier molecular flexibility index (Phi) is 5.94. The van der Waals surface area contributed by atoms with Crippen LogP contribution in [-0.2, 0) is 4.79 Å². The largest absolute Gasteiger partial charge is 0.326 e. The Labute approximate surface area is 140 Å². The Morgan fingerprint density at radius 3 is 3.00 bits per heavy atom. The van der Waals surface area contributed by atoms with Gasteiger partial charge in [-0.2, -0.15) is 0 Å². The summed E-state index contributed by atoms with van der Waals surface area (Å²) in [6.07, 6.45) is 2.03. The second-order valence-electron chi connectivity index (χ2n) is 5.37. The molecule has 22 heavy (non-hydrogen) atoms. The first-order valence-electron chi connectivity index (χ1n) is 7.26. The summed E-state index contributed by atoms with van der Waals surface area (Å²) in [4.78, 5) is 16.7. The van der Waals surface area contributed by atoms with Crippen LogP contribution in [-0.4, -0.2) is 24.0 Å². The maximum Gasteiger partial charge on any atom is 0.228 e. The van der Waals surface area contributed by atoms with Crippen molar-refractivity contribution in [3.05, 3.63) is 34.7 Å². The van der Waals surface area contributed by atoms with E-state index in [9.17, 15) is 4.79 Å². The molecule has 1 aliphatic heterocycles. The Morgan fingerprint density at radius 2 is 2.32 bits per heavy atom. The van der Waals surface area contributed by atoms with E-state index in [1.807, 2.05) is 36.6 Å². The molecular weight excluding hydrogens is 318 g/mol. The zero-order valence-electron chi connectivity index (χ0n) is 12.5. The maximum absolute atomic E-state index is 12.3. The van der Waals surface area contributed by atoms with Crippen LogP contribution in [0.2, 0.25) is 0 Å². The summed E-state index contributed by atoms with van der Waals surface area (Å²) in [7, 11) is 0. The number of rotatable bonds is 3. The van der Waals surface area contributed by atoms with Crippen molar-refractivity contribution in [1.82, 2.24) is 10.3 Å². The van der Waals surface area contributed by atoms with Crippen LogP contribution in [0.1, 0.15) is 17.8 Å². The average molecular weight is 338 g/mol. The lowest BCUT2D eigenvalue weighted by molar-refractivity contribution is -0.120. The number of carbonyl (C=O) groups excluding carboxylic acids is 1. The fraction of sp³-hybridized carbons (Fsp3) is 0.375. The third kappa shape index (κ3) is 4.06. The van der Waals surface area contributed by atoms with Gasteiger partial charge in [-0.1, -0.05) is 12.1 Å². The predicted octanol–water partition coefficient (Wildman–Crippen LogP) is 3.48. The molecule has 118 valence electrons. The monoisotopic (exact) mass is 337 g/mol. The number of nitrogens with zero attached hydrogens (tertiary/aromatic N) is 1. The first-order chi connectivity index (χ1) is 10.2. The fourth-order valence-corrected chi connectivity index (χ4v) is 3.19. The smallest absolute Gasteiger partial charge is 0.228 e. The molecule has 0 aliphatic carbocycles. The highest BCUT2D eigenvalue weighted by Gasteiger charge is 2.20. The molecule has 0 radical (unpaired) electrons. The van der Waals surface area contributed by atoms with Crippen molar-refractivity contribution in [2.24, 2.45) is 5.92 Å². The number of aryl methyl sites for hydroxylation is 1. The molecule has 6 heteroatoms. The zero-order chi connectivity index (χ0) is 14.7. The second kappa shape index (κ2) is 7.72. The molecule has 3 rings (SSSR count). The van der Waals surface area contributed by atoms with Crippen molar-refractivity contribution in [3.8, 4) is 11.3 Å². The van der Waals surface area contributed by atoms with Crippen LogP contribution in [0.25, 0.3) is 11.3 Å². The lowest BCUT2D eigenvalue weighted by Gasteiger charge is -2.22. The highest BCUT2D eigenvalue weighted by molar-refractivity contribution is 7.09. The number of nitrogens with one attached hydrogen (secondary N) is 2. The van der Waals surface area contributed by atoms with Gasteiger partial charge in [-0.05, 0) is 38.4 Å². The van der Waals surface area contributed by atoms with Gasteiger partial charge in [-0.15, -0.1) is 23.7 Å². The quantitative estimate of drug-likeness (QED) is 0.901. The topological polar surface area (TPSA) is 54.0 Å². The van der Waals surface area contributed by atoms with Crippen LogP contribution in [0.15, 0.2) is 29.6 Å². The van der Waals surface area contributed by atoms with Crippen molar-refractivity contribution < 1.29 is 4.79 Å². The van der Waals surface area contributed by atoms with Gasteiger partial charge < -0.3 is 10.6 Å². The number of amides is 1. The molecule has 1 aliphatic rings. The molecule has 0 bridgehead atoms. The van der Waals surface area contributed by atoms with Gasteiger partial charge in [-0.3, -0.25) is 4.79 Å². The van der Waals surface area contributed by atoms with Gasteiger partial charge in [0.1, 0.15) is 0 Å². The molecule has 4 nitrogen and oxygen atoms in total. The van der Waals surface area contributed by atoms with E-state index >= 15 is 0 Å². The molecule has 1 aromatic heterocycles. The van der Waals surface area contributed by atoms with Gasteiger partial charge in [-0.25, -0.2) is 4.98 Å². The lowest BCUT2D eigenvalue weighted by atomic mass is 9.98. The number of piperidine rings is 1. The Hall–Kier alpha value is -1.43. The summed E-state index contributed by atoms with van der Waals surface area (Å²) >= 11 is 1.63. The molecule has 0 saturated carbocycles. The maximum atomic E-state index is 12.3. The van der Waals surface area contributed by atoms with Gasteiger partial charge in [0.25, 0.3) is 0 Å². The molecule has 1 saturated heterocycles. The van der Waals surface area contributed by atoms with Crippen molar-refractivity contribution in [3.63, 3.8) is 0 Å². The number of aromatic nitrogens is 1. The van der Waals surface area contributed by atoms with E-state index < -0.39 is 0 Å². The summed E-state index contributed by atoms with van der Waals surface area (Å²) in [5.74, 6) is 0.178. The minimum absolute atomic E-state index is 0. The van der Waals surface area contributed by atoms with Crippen LogP contribution in [0, 0.1) is 12.8 Å². The molecule has 2 heterocycles. The van der Waals surface area contributed by atoms with E-state index in [0.29, 0.717) is 0 Å². The van der Waals surface area contributed by atoms with E-state index in [4.69, 9.17) is 0 Å². The fourth-order valence-electron chi connectivity index (χ4n) is 2.57. The zero-order valence-corrected chi connectivity index (χ0v) is 14.1. The minimum atomic E-state index is 0. The first-order valence-corrected chi connectivity index (χ1v) is 8.14. The van der Waals surface area contributed by atoms with Crippen molar-refractivity contribution in [2.45, 2.75) is 19.8 Å². The molecule has 0 unspecified atom stereocenters. The molecule has 1 atom stereocenters. The first kappa shape index (κ1) is 16.9. The van der Waals surface area contributed by atoms with Crippen LogP contribution in [0.3, 0.4) is 0 Å². The summed E-state index contributed by atoms with van der Waals surface area (Å²) < 4.78 is 0. The Balaban J connectivity index is 0.00000176. The van der Waals surface area contributed by atoms with Gasteiger partial charge in [0, 0.05) is 23.2 Å². The highest BCUT2D eigenvalue weighted by Crippen LogP contribution is 2.24. The van der Waals surface area contributed by atoms with Gasteiger partial charge >= 0.3 is 0 Å². The molecule has 1 fully saturated rings. The van der Waals surface area contributed by atoms with Crippen LogP contribution < -0.4 is 10.6 Å². The SMILES string of the molecule is Cc1nc(-c2cccc(NC(=O)[C@@H]3CCCNC3)c2)cs1.Cl. The predicted molar refractivity (Wildman–Crippen MR) is 93.8 cm³/mol. The van der Waals surface area contributed by atoms with E-state index in [-0.39, 0.29) is 24.2 Å². The van der Waals surface area contributed by atoms with Crippen LogP contribution >= 0.6 is 23.7 Å². The summed E-state index contributed by atoms with van der Waals surface area (Å²) in [6.45, 7) is 3.79. The molecule has 2 aromatic rings. The Morgan fingerprint density at radius 1 is 1.45 bits per heavy atom. The van der Waals surface area contributed by atoms with E-state index in [0.717, 1.165) is 47.9 Å². The van der Waals surface area contributed by atoms with Gasteiger partial charge in [0.05, 0.1) is 16.6 Å². The number of hydrogen-bond acceptors (Lipinski definition) is 4. The van der Waals surface area contributed by atoms with E-state index in [2.05, 4.69) is 15.6 Å². The minimum Gasteiger partial charge on any atom is -0.326 e. The van der Waals surface area contributed by atoms with Crippen LogP contribution in [0.5, 0.6) is 0 Å². The number of thiazole rings is 1. The summed E-state index contributed by atoms with van der Waals surface area (Å²) in [6, 6.07) is 7.89. The van der Waals surface area contributed by atoms with E-state index in [1.54, 1.807) is 11.3 Å². The average Bonchev–Trinajstić information content (AvgIpc) is 2.95. The van der Waals surface area contributed by atoms with Gasteiger partial charge in [0.2, 0.25) is 5.91 Å². The molecular formula is C16H20ClN3OS. The van der Waals surface area contributed by atoms with Crippen molar-refractivity contribution >= 4 is 35.3 Å². The molecule has 1 amide bonds. The second-order valence-corrected chi connectivity index (χ2v) is 6.43. The molecule has 0 spiro atoms. The standard InChI is InChI=1S/C16H19N3OS.ClH/c1-11-18-15(10-21-11)12-4-2-6-14(8-12)19-16(20)13-5-3-7-17-9-13;/h2,4,6,8,10,13,17H,3,5,7,9H2,1H3,(H,19,20);1H/t13-;/m1./s1. The van der Waals surface area contributed by atoms with Gasteiger partial charge in [0.15, 0.2) is 0 Å². The third-order valence-corrected chi connectivity index (χ3v) is 4.49. The molecule has 2 N–H and O–H groups in total. The summed E-state index contributed by atoms with van der Waals surface area (Å²) in [5, 5.41) is 9.39. The normalized spacial score (nSPS) is 17.6. The van der Waals surface area contributed by atoms with Crippen molar-refractivity contribution in [2.75, 3.05) is 18.4 Å². The number of benzene rings is 1. The highest BCUT2D eigenvalue weighted by atomic mass is 35.5. The number of carbonyl (C=O) groups is 1. The lowest BCUT2D eigenvalue weighted by Crippen LogP contribution is -2.37.